The summed E-state index contributed by atoms with van der Waals surface area (Å²) in [6, 6.07) is 0. The lowest BCUT2D eigenvalue weighted by atomic mass is 9.98. The molecule has 1 unspecified atom stereocenters. The first-order valence-electron chi connectivity index (χ1n) is 4.50. The molecule has 0 heterocycles. The number of hydrogen-bond acceptors (Lipinski definition) is 1. The van der Waals surface area contributed by atoms with E-state index in [4.69, 9.17) is 0 Å². The average Bonchev–Trinajstić information content (AvgIpc) is 1.97. The minimum absolute atomic E-state index is 0.778. The van der Waals surface area contributed by atoms with Gasteiger partial charge in [-0.3, -0.25) is 0 Å². The van der Waals surface area contributed by atoms with Gasteiger partial charge in [-0.2, -0.15) is 0 Å². The molecule has 0 aliphatic heterocycles. The zero-order valence-electron chi connectivity index (χ0n) is 8.06. The molecule has 0 bridgehead atoms. The highest BCUT2D eigenvalue weighted by Gasteiger charge is 2.04. The predicted molar refractivity (Wildman–Crippen MR) is 51.7 cm³/mol. The third kappa shape index (κ3) is 6.11. The molecule has 0 aliphatic rings. The van der Waals surface area contributed by atoms with Gasteiger partial charge in [0, 0.05) is 0 Å². The molecule has 0 saturated heterocycles. The Morgan fingerprint density at radius 2 is 2.00 bits per heavy atom. The first kappa shape index (κ1) is 10.7. The van der Waals surface area contributed by atoms with Gasteiger partial charge in [0.15, 0.2) is 0 Å². The van der Waals surface area contributed by atoms with Gasteiger partial charge in [-0.05, 0) is 31.3 Å². The highest BCUT2D eigenvalue weighted by atomic mass is 14.8. The fourth-order valence-corrected chi connectivity index (χ4v) is 0.770. The van der Waals surface area contributed by atoms with Crippen molar-refractivity contribution in [1.29, 1.82) is 0 Å². The van der Waals surface area contributed by atoms with Crippen molar-refractivity contribution >= 4 is 0 Å². The summed E-state index contributed by atoms with van der Waals surface area (Å²) >= 11 is 0. The lowest BCUT2D eigenvalue weighted by Gasteiger charge is -2.15. The molecule has 0 aliphatic carbocycles. The van der Waals surface area contributed by atoms with Crippen molar-refractivity contribution in [3.05, 3.63) is 12.7 Å². The maximum absolute atomic E-state index is 3.67. The van der Waals surface area contributed by atoms with Crippen LogP contribution in [0.1, 0.15) is 27.2 Å². The minimum Gasteiger partial charge on any atom is -0.316 e. The Balaban J connectivity index is 3.17. The van der Waals surface area contributed by atoms with Crippen LogP contribution in [0.15, 0.2) is 12.7 Å². The van der Waals surface area contributed by atoms with E-state index in [1.54, 1.807) is 0 Å². The minimum atomic E-state index is 0.778. The maximum atomic E-state index is 3.67. The fraction of sp³-hybridized carbons (Fsp3) is 0.800. The van der Waals surface area contributed by atoms with Crippen molar-refractivity contribution in [2.75, 3.05) is 13.1 Å². The number of nitrogens with one attached hydrogen (secondary N) is 1. The number of hydrogen-bond donors (Lipinski definition) is 1. The summed E-state index contributed by atoms with van der Waals surface area (Å²) in [6.07, 6.45) is 3.03. The lowest BCUT2D eigenvalue weighted by Crippen LogP contribution is -2.24. The van der Waals surface area contributed by atoms with Crippen molar-refractivity contribution in [3.8, 4) is 0 Å². The van der Waals surface area contributed by atoms with Gasteiger partial charge in [-0.25, -0.2) is 0 Å². The molecular weight excluding hydrogens is 134 g/mol. The predicted octanol–water partition coefficient (Wildman–Crippen LogP) is 2.44. The van der Waals surface area contributed by atoms with Gasteiger partial charge >= 0.3 is 0 Å². The molecule has 0 aromatic heterocycles. The zero-order chi connectivity index (χ0) is 8.69. The molecule has 0 fully saturated rings. The largest absolute Gasteiger partial charge is 0.316 e. The van der Waals surface area contributed by atoms with Crippen LogP contribution >= 0.6 is 0 Å². The first-order valence-corrected chi connectivity index (χ1v) is 4.50. The van der Waals surface area contributed by atoms with Gasteiger partial charge in [-0.15, -0.1) is 6.58 Å². The van der Waals surface area contributed by atoms with Gasteiger partial charge in [0.25, 0.3) is 0 Å². The van der Waals surface area contributed by atoms with Gasteiger partial charge in [-0.1, -0.05) is 26.8 Å². The summed E-state index contributed by atoms with van der Waals surface area (Å²) in [5.74, 6) is 1.56. The molecule has 1 N–H and O–H groups in total. The topological polar surface area (TPSA) is 12.0 Å². The van der Waals surface area contributed by atoms with Crippen molar-refractivity contribution in [2.45, 2.75) is 27.2 Å². The van der Waals surface area contributed by atoms with E-state index in [1.165, 1.54) is 0 Å². The first-order chi connectivity index (χ1) is 5.18. The standard InChI is InChI=1S/C10H21N/c1-5-6-7-11-8-10(4)9(2)3/h5,9-11H,1,6-8H2,2-4H3. The molecule has 0 aromatic rings. The van der Waals surface area contributed by atoms with Crippen LogP contribution in [0.2, 0.25) is 0 Å². The van der Waals surface area contributed by atoms with E-state index in [1.807, 2.05) is 6.08 Å². The van der Waals surface area contributed by atoms with Crippen LogP contribution in [-0.4, -0.2) is 13.1 Å². The van der Waals surface area contributed by atoms with Crippen molar-refractivity contribution in [3.63, 3.8) is 0 Å². The highest BCUT2D eigenvalue weighted by molar-refractivity contribution is 4.68. The third-order valence-electron chi connectivity index (χ3n) is 2.13. The Labute approximate surface area is 70.9 Å². The van der Waals surface area contributed by atoms with E-state index in [0.717, 1.165) is 31.3 Å². The lowest BCUT2D eigenvalue weighted by molar-refractivity contribution is 0.395. The summed E-state index contributed by atoms with van der Waals surface area (Å²) in [5.41, 5.74) is 0. The van der Waals surface area contributed by atoms with Crippen LogP contribution in [0.3, 0.4) is 0 Å². The van der Waals surface area contributed by atoms with Crippen LogP contribution in [0.5, 0.6) is 0 Å². The van der Waals surface area contributed by atoms with Gasteiger partial charge in [0.05, 0.1) is 0 Å². The zero-order valence-corrected chi connectivity index (χ0v) is 8.06. The van der Waals surface area contributed by atoms with E-state index in [-0.39, 0.29) is 0 Å². The third-order valence-corrected chi connectivity index (χ3v) is 2.13. The van der Waals surface area contributed by atoms with E-state index in [9.17, 15) is 0 Å². The Morgan fingerprint density at radius 1 is 1.36 bits per heavy atom. The smallest absolute Gasteiger partial charge is 0.00143 e. The fourth-order valence-electron chi connectivity index (χ4n) is 0.770. The summed E-state index contributed by atoms with van der Waals surface area (Å²) in [5, 5.41) is 3.40. The van der Waals surface area contributed by atoms with E-state index >= 15 is 0 Å². The Hall–Kier alpha value is -0.300. The normalized spacial score (nSPS) is 13.5. The van der Waals surface area contributed by atoms with E-state index in [0.29, 0.717) is 0 Å². The molecule has 1 atom stereocenters. The molecule has 1 heteroatoms. The van der Waals surface area contributed by atoms with Crippen LogP contribution in [0.4, 0.5) is 0 Å². The second-order valence-electron chi connectivity index (χ2n) is 3.50. The Kier molecular flexibility index (Phi) is 6.24. The highest BCUT2D eigenvalue weighted by Crippen LogP contribution is 2.07. The SMILES string of the molecule is C=CCCNCC(C)C(C)C. The molecule has 0 saturated carbocycles. The van der Waals surface area contributed by atoms with Crippen LogP contribution in [0, 0.1) is 11.8 Å². The van der Waals surface area contributed by atoms with Crippen LogP contribution < -0.4 is 5.32 Å². The second kappa shape index (κ2) is 6.41. The van der Waals surface area contributed by atoms with E-state index in [2.05, 4.69) is 32.7 Å². The number of rotatable bonds is 6. The molecule has 0 rings (SSSR count). The monoisotopic (exact) mass is 155 g/mol. The summed E-state index contributed by atoms with van der Waals surface area (Å²) < 4.78 is 0. The molecule has 11 heavy (non-hydrogen) atoms. The van der Waals surface area contributed by atoms with Crippen LogP contribution in [0.25, 0.3) is 0 Å². The summed E-state index contributed by atoms with van der Waals surface area (Å²) in [6.45, 7) is 12.7. The van der Waals surface area contributed by atoms with E-state index < -0.39 is 0 Å². The van der Waals surface area contributed by atoms with Gasteiger partial charge in [0.2, 0.25) is 0 Å². The molecular formula is C10H21N. The summed E-state index contributed by atoms with van der Waals surface area (Å²) in [7, 11) is 0. The molecule has 0 radical (unpaired) electrons. The maximum Gasteiger partial charge on any atom is -0.00143 e. The second-order valence-corrected chi connectivity index (χ2v) is 3.50. The molecule has 1 nitrogen and oxygen atoms in total. The van der Waals surface area contributed by atoms with Gasteiger partial charge < -0.3 is 5.32 Å². The van der Waals surface area contributed by atoms with Crippen molar-refractivity contribution in [1.82, 2.24) is 5.32 Å². The Morgan fingerprint density at radius 3 is 2.45 bits per heavy atom. The molecule has 0 spiro atoms. The molecule has 0 amide bonds. The molecule has 0 aromatic carbocycles. The quantitative estimate of drug-likeness (QED) is 0.459. The average molecular weight is 155 g/mol. The van der Waals surface area contributed by atoms with Crippen LogP contribution in [-0.2, 0) is 0 Å². The summed E-state index contributed by atoms with van der Waals surface area (Å²) in [4.78, 5) is 0. The molecule has 66 valence electrons. The van der Waals surface area contributed by atoms with Crippen molar-refractivity contribution < 1.29 is 0 Å². The van der Waals surface area contributed by atoms with Gasteiger partial charge in [0.1, 0.15) is 0 Å². The Bertz CT molecular complexity index is 97.0. The van der Waals surface area contributed by atoms with Crippen molar-refractivity contribution in [2.24, 2.45) is 11.8 Å².